The fourth-order valence-corrected chi connectivity index (χ4v) is 3.46. The van der Waals surface area contributed by atoms with Crippen LogP contribution in [0.4, 0.5) is 0 Å². The van der Waals surface area contributed by atoms with Gasteiger partial charge in [-0.25, -0.2) is 0 Å². The highest BCUT2D eigenvalue weighted by Crippen LogP contribution is 2.14. The molecular weight excluding hydrogens is 336 g/mol. The normalized spacial score (nSPS) is 15.6. The van der Waals surface area contributed by atoms with Crippen LogP contribution in [0.5, 0.6) is 0 Å². The molecule has 3 rings (SSSR count). The van der Waals surface area contributed by atoms with Crippen LogP contribution >= 0.6 is 0 Å². The van der Waals surface area contributed by atoms with Gasteiger partial charge in [0.05, 0.1) is 0 Å². The van der Waals surface area contributed by atoms with Crippen LogP contribution in [0.15, 0.2) is 48.5 Å². The molecule has 1 fully saturated rings. The lowest BCUT2D eigenvalue weighted by atomic mass is 10.1. The minimum Gasteiger partial charge on any atom is -0.348 e. The maximum Gasteiger partial charge on any atom is 0.251 e. The second-order valence-electron chi connectivity index (χ2n) is 7.06. The van der Waals surface area contributed by atoms with Crippen LogP contribution in [0.3, 0.4) is 0 Å². The van der Waals surface area contributed by atoms with Gasteiger partial charge < -0.3 is 16.0 Å². The van der Waals surface area contributed by atoms with Crippen molar-refractivity contribution in [1.29, 1.82) is 0 Å². The Balaban J connectivity index is 1.58. The molecule has 3 N–H and O–H groups in total. The van der Waals surface area contributed by atoms with E-state index < -0.39 is 0 Å². The maximum atomic E-state index is 12.4. The molecule has 0 radical (unpaired) electrons. The third-order valence-corrected chi connectivity index (χ3v) is 5.32. The highest BCUT2D eigenvalue weighted by molar-refractivity contribution is 5.94. The van der Waals surface area contributed by atoms with Crippen molar-refractivity contribution in [3.8, 4) is 0 Å². The van der Waals surface area contributed by atoms with Crippen molar-refractivity contribution in [2.45, 2.75) is 26.6 Å². The Kier molecular flexibility index (Phi) is 6.98. The van der Waals surface area contributed by atoms with Crippen molar-refractivity contribution in [2.75, 3.05) is 32.7 Å². The second kappa shape index (κ2) is 9.65. The van der Waals surface area contributed by atoms with Crippen LogP contribution < -0.4 is 11.1 Å². The number of hydrogen-bond donors (Lipinski definition) is 2. The summed E-state index contributed by atoms with van der Waals surface area (Å²) in [5, 5.41) is 3.05. The summed E-state index contributed by atoms with van der Waals surface area (Å²) in [6.07, 6.45) is 0. The first-order chi connectivity index (χ1) is 13.2. The third-order valence-electron chi connectivity index (χ3n) is 5.32. The van der Waals surface area contributed by atoms with Crippen molar-refractivity contribution >= 4 is 5.91 Å². The molecule has 5 heteroatoms. The Morgan fingerprint density at radius 1 is 0.963 bits per heavy atom. The van der Waals surface area contributed by atoms with Crippen LogP contribution in [-0.4, -0.2) is 48.4 Å². The summed E-state index contributed by atoms with van der Waals surface area (Å²) in [4.78, 5) is 17.4. The number of piperazine rings is 1. The molecule has 1 aliphatic heterocycles. The molecule has 1 aliphatic rings. The van der Waals surface area contributed by atoms with Crippen molar-refractivity contribution < 1.29 is 4.79 Å². The maximum absolute atomic E-state index is 12.4. The van der Waals surface area contributed by atoms with Crippen molar-refractivity contribution in [2.24, 2.45) is 5.73 Å². The van der Waals surface area contributed by atoms with Crippen LogP contribution in [0.1, 0.15) is 34.0 Å². The zero-order valence-electron chi connectivity index (χ0n) is 16.2. The molecular formula is C22H30N4O. The number of carbonyl (C=O) groups is 1. The van der Waals surface area contributed by atoms with Gasteiger partial charge in [0.25, 0.3) is 5.91 Å². The number of benzene rings is 2. The zero-order chi connectivity index (χ0) is 19.1. The molecule has 144 valence electrons. The van der Waals surface area contributed by atoms with E-state index in [0.717, 1.165) is 44.8 Å². The molecule has 0 bridgehead atoms. The van der Waals surface area contributed by atoms with Gasteiger partial charge in [0.15, 0.2) is 0 Å². The third kappa shape index (κ3) is 5.39. The van der Waals surface area contributed by atoms with Gasteiger partial charge in [-0.15, -0.1) is 0 Å². The standard InChI is InChI=1S/C22H30N4O/c1-2-25-11-13-26(14-12-25)17-21-6-4-3-5-20(21)16-24-22(27)19-9-7-18(15-23)8-10-19/h3-10H,2,11-17,23H2,1H3,(H,24,27). The van der Waals surface area contributed by atoms with Gasteiger partial charge in [-0.3, -0.25) is 9.69 Å². The average Bonchev–Trinajstić information content (AvgIpc) is 2.73. The topological polar surface area (TPSA) is 61.6 Å². The van der Waals surface area contributed by atoms with E-state index in [1.54, 1.807) is 0 Å². The van der Waals surface area contributed by atoms with Crippen molar-refractivity contribution in [3.05, 3.63) is 70.8 Å². The molecule has 0 atom stereocenters. The van der Waals surface area contributed by atoms with Crippen LogP contribution in [-0.2, 0) is 19.6 Å². The molecule has 27 heavy (non-hydrogen) atoms. The van der Waals surface area contributed by atoms with Crippen molar-refractivity contribution in [3.63, 3.8) is 0 Å². The van der Waals surface area contributed by atoms with Crippen LogP contribution in [0.2, 0.25) is 0 Å². The Morgan fingerprint density at radius 2 is 1.59 bits per heavy atom. The van der Waals surface area contributed by atoms with E-state index in [1.165, 1.54) is 11.1 Å². The molecule has 0 aromatic heterocycles. The number of carbonyl (C=O) groups excluding carboxylic acids is 1. The lowest BCUT2D eigenvalue weighted by molar-refractivity contribution is 0.0950. The van der Waals surface area contributed by atoms with Gasteiger partial charge >= 0.3 is 0 Å². The molecule has 0 unspecified atom stereocenters. The number of amides is 1. The SMILES string of the molecule is CCN1CCN(Cc2ccccc2CNC(=O)c2ccc(CN)cc2)CC1. The quantitative estimate of drug-likeness (QED) is 0.789. The van der Waals surface area contributed by atoms with E-state index in [2.05, 4.69) is 40.2 Å². The molecule has 2 aromatic rings. The van der Waals surface area contributed by atoms with Gasteiger partial charge in [-0.1, -0.05) is 43.3 Å². The average molecular weight is 367 g/mol. The van der Waals surface area contributed by atoms with Gasteiger partial charge in [-0.2, -0.15) is 0 Å². The molecule has 0 spiro atoms. The number of rotatable bonds is 7. The molecule has 0 saturated carbocycles. The molecule has 5 nitrogen and oxygen atoms in total. The lowest BCUT2D eigenvalue weighted by Gasteiger charge is -2.34. The summed E-state index contributed by atoms with van der Waals surface area (Å²) in [6, 6.07) is 15.9. The predicted octanol–water partition coefficient (Wildman–Crippen LogP) is 2.21. The Bertz CT molecular complexity index is 736. The molecule has 1 saturated heterocycles. The minimum absolute atomic E-state index is 0.0510. The second-order valence-corrected chi connectivity index (χ2v) is 7.06. The largest absolute Gasteiger partial charge is 0.348 e. The first-order valence-electron chi connectivity index (χ1n) is 9.78. The van der Waals surface area contributed by atoms with E-state index in [4.69, 9.17) is 5.73 Å². The monoisotopic (exact) mass is 366 g/mol. The van der Waals surface area contributed by atoms with Crippen LogP contribution in [0.25, 0.3) is 0 Å². The summed E-state index contributed by atoms with van der Waals surface area (Å²) in [6.45, 7) is 9.78. The number of nitrogens with one attached hydrogen (secondary N) is 1. The molecule has 1 amide bonds. The highest BCUT2D eigenvalue weighted by atomic mass is 16.1. The van der Waals surface area contributed by atoms with Gasteiger partial charge in [0.1, 0.15) is 0 Å². The Hall–Kier alpha value is -2.21. The first kappa shape index (κ1) is 19.5. The summed E-state index contributed by atoms with van der Waals surface area (Å²) in [5.74, 6) is -0.0510. The van der Waals surface area contributed by atoms with E-state index in [-0.39, 0.29) is 5.91 Å². The Morgan fingerprint density at radius 3 is 2.22 bits per heavy atom. The molecule has 1 heterocycles. The fourth-order valence-electron chi connectivity index (χ4n) is 3.46. The van der Waals surface area contributed by atoms with Gasteiger partial charge in [0, 0.05) is 51.4 Å². The van der Waals surface area contributed by atoms with Gasteiger partial charge in [-0.05, 0) is 35.4 Å². The summed E-state index contributed by atoms with van der Waals surface area (Å²) >= 11 is 0. The summed E-state index contributed by atoms with van der Waals surface area (Å²) < 4.78 is 0. The van der Waals surface area contributed by atoms with Crippen molar-refractivity contribution in [1.82, 2.24) is 15.1 Å². The number of nitrogens with two attached hydrogens (primary N) is 1. The minimum atomic E-state index is -0.0510. The fraction of sp³-hybridized carbons (Fsp3) is 0.409. The number of hydrogen-bond acceptors (Lipinski definition) is 4. The zero-order valence-corrected chi connectivity index (χ0v) is 16.2. The van der Waals surface area contributed by atoms with E-state index >= 15 is 0 Å². The first-order valence-corrected chi connectivity index (χ1v) is 9.78. The Labute approximate surface area is 162 Å². The van der Waals surface area contributed by atoms with Crippen LogP contribution in [0, 0.1) is 0 Å². The summed E-state index contributed by atoms with van der Waals surface area (Å²) in [7, 11) is 0. The lowest BCUT2D eigenvalue weighted by Crippen LogP contribution is -2.45. The molecule has 0 aliphatic carbocycles. The van der Waals surface area contributed by atoms with E-state index in [0.29, 0.717) is 18.7 Å². The smallest absolute Gasteiger partial charge is 0.251 e. The highest BCUT2D eigenvalue weighted by Gasteiger charge is 2.16. The predicted molar refractivity (Wildman–Crippen MR) is 109 cm³/mol. The molecule has 2 aromatic carbocycles. The number of likely N-dealkylation sites (N-methyl/N-ethyl adjacent to an activating group) is 1. The van der Waals surface area contributed by atoms with Gasteiger partial charge in [0.2, 0.25) is 0 Å². The summed E-state index contributed by atoms with van der Waals surface area (Å²) in [5.41, 5.74) is 9.78. The van der Waals surface area contributed by atoms with E-state index in [9.17, 15) is 4.79 Å². The number of nitrogens with zero attached hydrogens (tertiary/aromatic N) is 2. The van der Waals surface area contributed by atoms with E-state index in [1.807, 2.05) is 30.3 Å².